The number of pyridine rings is 1. The topological polar surface area (TPSA) is 62.0 Å². The fraction of sp³-hybridized carbons (Fsp3) is 0.111. The second kappa shape index (κ2) is 4.76. The van der Waals surface area contributed by atoms with Crippen LogP contribution in [0.15, 0.2) is 34.3 Å². The molecule has 1 amide bonds. The molecule has 14 heavy (non-hydrogen) atoms. The lowest BCUT2D eigenvalue weighted by Crippen LogP contribution is -2.29. The van der Waals surface area contributed by atoms with Gasteiger partial charge in [-0.2, -0.15) is 0 Å². The lowest BCUT2D eigenvalue weighted by molar-refractivity contribution is 0.0956. The van der Waals surface area contributed by atoms with Crippen molar-refractivity contribution in [2.75, 3.05) is 6.54 Å². The number of hydrogen-bond donors (Lipinski definition) is 2. The highest BCUT2D eigenvalue weighted by molar-refractivity contribution is 9.11. The number of hydrogen-bond acceptors (Lipinski definition) is 2. The van der Waals surface area contributed by atoms with Gasteiger partial charge in [0, 0.05) is 29.5 Å². The Kier molecular flexibility index (Phi) is 3.64. The standard InChI is InChI=1S/C9H9BrN2O2/c1-6(10)4-12-9(14)7-5-11-3-2-8(7)13/h2-3,5H,1,4H2,(H,11,13)(H,12,14). The molecule has 1 rings (SSSR count). The van der Waals surface area contributed by atoms with Crippen molar-refractivity contribution in [1.29, 1.82) is 0 Å². The SMILES string of the molecule is C=C(Br)CNC(=O)c1c[nH]ccc1=O. The van der Waals surface area contributed by atoms with Gasteiger partial charge in [0.05, 0.1) is 0 Å². The lowest BCUT2D eigenvalue weighted by Gasteiger charge is -2.02. The fourth-order valence-electron chi connectivity index (χ4n) is 0.865. The van der Waals surface area contributed by atoms with Crippen LogP contribution in [0, 0.1) is 0 Å². The number of nitrogens with one attached hydrogen (secondary N) is 2. The van der Waals surface area contributed by atoms with Crippen molar-refractivity contribution >= 4 is 21.8 Å². The lowest BCUT2D eigenvalue weighted by atomic mass is 10.2. The van der Waals surface area contributed by atoms with Crippen molar-refractivity contribution < 1.29 is 4.79 Å². The van der Waals surface area contributed by atoms with Crippen molar-refractivity contribution in [3.8, 4) is 0 Å². The van der Waals surface area contributed by atoms with E-state index in [1.807, 2.05) is 0 Å². The van der Waals surface area contributed by atoms with Gasteiger partial charge in [-0.15, -0.1) is 0 Å². The van der Waals surface area contributed by atoms with E-state index in [1.165, 1.54) is 18.5 Å². The van der Waals surface area contributed by atoms with Crippen LogP contribution in [0.2, 0.25) is 0 Å². The van der Waals surface area contributed by atoms with Crippen LogP contribution >= 0.6 is 15.9 Å². The Bertz CT molecular complexity index is 411. The Morgan fingerprint density at radius 3 is 2.93 bits per heavy atom. The zero-order valence-corrected chi connectivity index (χ0v) is 8.93. The normalized spacial score (nSPS) is 9.50. The summed E-state index contributed by atoms with van der Waals surface area (Å²) in [4.78, 5) is 25.2. The van der Waals surface area contributed by atoms with Crippen LogP contribution in [-0.2, 0) is 0 Å². The molecule has 0 spiro atoms. The van der Waals surface area contributed by atoms with E-state index in [2.05, 4.69) is 32.8 Å². The van der Waals surface area contributed by atoms with E-state index in [-0.39, 0.29) is 11.0 Å². The predicted octanol–water partition coefficient (Wildman–Crippen LogP) is 1.01. The van der Waals surface area contributed by atoms with Crippen molar-refractivity contribution in [2.45, 2.75) is 0 Å². The monoisotopic (exact) mass is 256 g/mol. The van der Waals surface area contributed by atoms with Crippen LogP contribution in [0.25, 0.3) is 0 Å². The van der Waals surface area contributed by atoms with Crippen molar-refractivity contribution in [2.24, 2.45) is 0 Å². The van der Waals surface area contributed by atoms with E-state index in [4.69, 9.17) is 0 Å². The Balaban J connectivity index is 2.75. The van der Waals surface area contributed by atoms with Gasteiger partial charge in [0.15, 0.2) is 5.43 Å². The summed E-state index contributed by atoms with van der Waals surface area (Å²) in [7, 11) is 0. The minimum Gasteiger partial charge on any atom is -0.367 e. The molecule has 0 saturated carbocycles. The summed E-state index contributed by atoms with van der Waals surface area (Å²) in [6.45, 7) is 3.86. The average molecular weight is 257 g/mol. The summed E-state index contributed by atoms with van der Waals surface area (Å²) in [5.41, 5.74) is -0.206. The fourth-order valence-corrected chi connectivity index (χ4v) is 1.01. The molecule has 0 aliphatic rings. The van der Waals surface area contributed by atoms with Gasteiger partial charge in [0.1, 0.15) is 5.56 Å². The summed E-state index contributed by atoms with van der Waals surface area (Å²) in [5.74, 6) is -0.410. The molecule has 0 saturated heterocycles. The number of halogens is 1. The number of aromatic amines is 1. The quantitative estimate of drug-likeness (QED) is 0.848. The van der Waals surface area contributed by atoms with E-state index in [0.717, 1.165) is 0 Å². The molecule has 1 aromatic heterocycles. The summed E-state index contributed by atoms with van der Waals surface area (Å²) in [6.07, 6.45) is 2.84. The third-order valence-electron chi connectivity index (χ3n) is 1.51. The molecule has 1 aromatic rings. The van der Waals surface area contributed by atoms with Crippen LogP contribution < -0.4 is 10.7 Å². The van der Waals surface area contributed by atoms with Crippen LogP contribution in [0.5, 0.6) is 0 Å². The summed E-state index contributed by atoms with van der Waals surface area (Å²) in [5, 5.41) is 2.53. The summed E-state index contributed by atoms with van der Waals surface area (Å²) >= 11 is 3.10. The van der Waals surface area contributed by atoms with Crippen molar-refractivity contribution in [3.05, 3.63) is 45.3 Å². The van der Waals surface area contributed by atoms with Gasteiger partial charge in [-0.3, -0.25) is 9.59 Å². The van der Waals surface area contributed by atoms with Crippen LogP contribution in [0.1, 0.15) is 10.4 Å². The first-order valence-corrected chi connectivity index (χ1v) is 4.69. The first-order chi connectivity index (χ1) is 6.61. The van der Waals surface area contributed by atoms with Gasteiger partial charge < -0.3 is 10.3 Å². The van der Waals surface area contributed by atoms with Gasteiger partial charge in [-0.1, -0.05) is 22.5 Å². The second-order valence-electron chi connectivity index (χ2n) is 2.62. The van der Waals surface area contributed by atoms with Gasteiger partial charge in [-0.05, 0) is 0 Å². The highest BCUT2D eigenvalue weighted by atomic mass is 79.9. The Morgan fingerprint density at radius 2 is 2.36 bits per heavy atom. The van der Waals surface area contributed by atoms with Gasteiger partial charge in [0.25, 0.3) is 5.91 Å². The number of carbonyl (C=O) groups excluding carboxylic acids is 1. The average Bonchev–Trinajstić information content (AvgIpc) is 2.15. The molecule has 0 aromatic carbocycles. The Labute approximate surface area is 89.2 Å². The summed E-state index contributed by atoms with van der Waals surface area (Å²) in [6, 6.07) is 1.30. The van der Waals surface area contributed by atoms with E-state index >= 15 is 0 Å². The molecule has 2 N–H and O–H groups in total. The largest absolute Gasteiger partial charge is 0.367 e. The molecule has 0 bridgehead atoms. The van der Waals surface area contributed by atoms with E-state index in [0.29, 0.717) is 11.0 Å². The molecule has 0 atom stereocenters. The zero-order chi connectivity index (χ0) is 10.6. The number of rotatable bonds is 3. The number of H-pyrrole nitrogens is 1. The number of aromatic nitrogens is 1. The van der Waals surface area contributed by atoms with Crippen LogP contribution in [0.3, 0.4) is 0 Å². The van der Waals surface area contributed by atoms with E-state index in [1.54, 1.807) is 0 Å². The molecule has 0 aliphatic heterocycles. The summed E-state index contributed by atoms with van der Waals surface area (Å²) < 4.78 is 0.651. The predicted molar refractivity (Wildman–Crippen MR) is 57.5 cm³/mol. The second-order valence-corrected chi connectivity index (χ2v) is 3.74. The molecule has 74 valence electrons. The number of carbonyl (C=O) groups is 1. The maximum Gasteiger partial charge on any atom is 0.257 e. The molecule has 0 aliphatic carbocycles. The highest BCUT2D eigenvalue weighted by Gasteiger charge is 2.07. The Morgan fingerprint density at radius 1 is 1.64 bits per heavy atom. The van der Waals surface area contributed by atoms with Gasteiger partial charge in [0.2, 0.25) is 0 Å². The molecule has 0 unspecified atom stereocenters. The third kappa shape index (κ3) is 2.85. The van der Waals surface area contributed by atoms with E-state index < -0.39 is 5.91 Å². The van der Waals surface area contributed by atoms with Crippen molar-refractivity contribution in [1.82, 2.24) is 10.3 Å². The molecule has 4 nitrogen and oxygen atoms in total. The van der Waals surface area contributed by atoms with Crippen molar-refractivity contribution in [3.63, 3.8) is 0 Å². The van der Waals surface area contributed by atoms with Crippen LogP contribution in [0.4, 0.5) is 0 Å². The molecule has 1 heterocycles. The van der Waals surface area contributed by atoms with Gasteiger partial charge >= 0.3 is 0 Å². The molecule has 0 radical (unpaired) electrons. The highest BCUT2D eigenvalue weighted by Crippen LogP contribution is 1.97. The minimum atomic E-state index is -0.410. The first kappa shape index (κ1) is 10.7. The molecular formula is C9H9BrN2O2. The minimum absolute atomic E-state index is 0.0984. The zero-order valence-electron chi connectivity index (χ0n) is 7.34. The molecule has 5 heteroatoms. The Hall–Kier alpha value is -1.36. The first-order valence-electron chi connectivity index (χ1n) is 3.90. The molecule has 0 fully saturated rings. The van der Waals surface area contributed by atoms with Gasteiger partial charge in [-0.25, -0.2) is 0 Å². The maximum absolute atomic E-state index is 11.4. The smallest absolute Gasteiger partial charge is 0.257 e. The van der Waals surface area contributed by atoms with E-state index in [9.17, 15) is 9.59 Å². The molecular weight excluding hydrogens is 248 g/mol. The number of amides is 1. The maximum atomic E-state index is 11.4. The van der Waals surface area contributed by atoms with Crippen LogP contribution in [-0.4, -0.2) is 17.4 Å². The third-order valence-corrected chi connectivity index (χ3v) is 1.79.